The van der Waals surface area contributed by atoms with Crippen LogP contribution in [0.15, 0.2) is 29.9 Å². The van der Waals surface area contributed by atoms with Crippen LogP contribution in [-0.4, -0.2) is 16.1 Å². The fraction of sp³-hybridized carbons (Fsp3) is 0. The molecule has 3 N–H and O–H groups in total. The fourth-order valence-corrected chi connectivity index (χ4v) is 2.11. The van der Waals surface area contributed by atoms with E-state index in [1.165, 1.54) is 0 Å². The number of hydrogen-bond donors (Lipinski definition) is 2. The van der Waals surface area contributed by atoms with E-state index in [1.807, 2.05) is 6.07 Å². The van der Waals surface area contributed by atoms with Gasteiger partial charge in [-0.15, -0.1) is 11.3 Å². The van der Waals surface area contributed by atoms with Crippen LogP contribution in [0.1, 0.15) is 9.67 Å². The van der Waals surface area contributed by atoms with Crippen LogP contribution in [0.3, 0.4) is 0 Å². The molecule has 0 aliphatic carbocycles. The minimum Gasteiger partial charge on any atom is -0.477 e. The molecule has 0 aromatic carbocycles. The molecule has 2 aromatic rings. The summed E-state index contributed by atoms with van der Waals surface area (Å²) in [5.74, 6) is -0.993. The molecule has 0 fully saturated rings. The van der Waals surface area contributed by atoms with Gasteiger partial charge in [-0.2, -0.15) is 0 Å². The number of carboxylic acids is 1. The van der Waals surface area contributed by atoms with Crippen LogP contribution in [0.5, 0.6) is 0 Å². The van der Waals surface area contributed by atoms with E-state index < -0.39 is 5.97 Å². The van der Waals surface area contributed by atoms with E-state index in [2.05, 4.69) is 4.98 Å². The predicted molar refractivity (Wildman–Crippen MR) is 58.9 cm³/mol. The molecule has 0 aliphatic rings. The summed E-state index contributed by atoms with van der Waals surface area (Å²) in [5, 5.41) is 10.6. The summed E-state index contributed by atoms with van der Waals surface area (Å²) in [5.41, 5.74) is 7.60. The molecule has 4 nitrogen and oxygen atoms in total. The Morgan fingerprint density at radius 3 is 2.87 bits per heavy atom. The third-order valence-electron chi connectivity index (χ3n) is 2.00. The van der Waals surface area contributed by atoms with Crippen molar-refractivity contribution in [3.8, 4) is 11.1 Å². The number of carboxylic acid groups (broad SMARTS) is 1. The van der Waals surface area contributed by atoms with Gasteiger partial charge in [0, 0.05) is 28.9 Å². The number of aromatic nitrogens is 1. The summed E-state index contributed by atoms with van der Waals surface area (Å²) in [6.07, 6.45) is 3.31. The Labute approximate surface area is 90.0 Å². The van der Waals surface area contributed by atoms with Crippen LogP contribution >= 0.6 is 11.3 Å². The Bertz CT molecular complexity index is 493. The molecular formula is C10H8N2O2S. The van der Waals surface area contributed by atoms with Gasteiger partial charge in [-0.3, -0.25) is 4.98 Å². The van der Waals surface area contributed by atoms with Gasteiger partial charge >= 0.3 is 5.97 Å². The second-order valence-corrected chi connectivity index (χ2v) is 3.82. The third-order valence-corrected chi connectivity index (χ3v) is 2.98. The van der Waals surface area contributed by atoms with Crippen molar-refractivity contribution in [1.29, 1.82) is 0 Å². The normalized spacial score (nSPS) is 10.1. The number of aromatic carboxylic acids is 1. The molecule has 76 valence electrons. The summed E-state index contributed by atoms with van der Waals surface area (Å²) in [4.78, 5) is 14.9. The molecule has 2 aromatic heterocycles. The van der Waals surface area contributed by atoms with Gasteiger partial charge in [0.05, 0.1) is 5.69 Å². The first-order valence-electron chi connectivity index (χ1n) is 4.21. The SMILES string of the molecule is Nc1c(-c2cccnc2)csc1C(=O)O. The Balaban J connectivity index is 2.52. The second kappa shape index (κ2) is 3.70. The van der Waals surface area contributed by atoms with E-state index in [0.29, 0.717) is 5.69 Å². The Morgan fingerprint density at radius 2 is 2.33 bits per heavy atom. The Hall–Kier alpha value is -1.88. The van der Waals surface area contributed by atoms with Gasteiger partial charge in [0.1, 0.15) is 4.88 Å². The van der Waals surface area contributed by atoms with Crippen molar-refractivity contribution in [3.05, 3.63) is 34.8 Å². The van der Waals surface area contributed by atoms with E-state index in [1.54, 1.807) is 23.8 Å². The van der Waals surface area contributed by atoms with Crippen molar-refractivity contribution in [2.24, 2.45) is 0 Å². The minimum absolute atomic E-state index is 0.175. The van der Waals surface area contributed by atoms with Gasteiger partial charge in [-0.1, -0.05) is 6.07 Å². The first-order chi connectivity index (χ1) is 7.20. The van der Waals surface area contributed by atoms with Crippen LogP contribution in [0, 0.1) is 0 Å². The van der Waals surface area contributed by atoms with Crippen molar-refractivity contribution in [3.63, 3.8) is 0 Å². The molecule has 0 radical (unpaired) electrons. The monoisotopic (exact) mass is 220 g/mol. The number of nitrogen functional groups attached to an aromatic ring is 1. The highest BCUT2D eigenvalue weighted by Gasteiger charge is 2.15. The number of nitrogens with zero attached hydrogens (tertiary/aromatic N) is 1. The summed E-state index contributed by atoms with van der Waals surface area (Å²) in [7, 11) is 0. The van der Waals surface area contributed by atoms with Crippen LogP contribution in [0.25, 0.3) is 11.1 Å². The summed E-state index contributed by atoms with van der Waals surface area (Å²) in [6.45, 7) is 0. The fourth-order valence-electron chi connectivity index (χ4n) is 1.28. The molecule has 2 heterocycles. The van der Waals surface area contributed by atoms with Crippen LogP contribution in [0.4, 0.5) is 5.69 Å². The van der Waals surface area contributed by atoms with E-state index in [0.717, 1.165) is 22.5 Å². The molecule has 0 bridgehead atoms. The molecular weight excluding hydrogens is 212 g/mol. The van der Waals surface area contributed by atoms with Gasteiger partial charge in [0.2, 0.25) is 0 Å². The largest absolute Gasteiger partial charge is 0.477 e. The topological polar surface area (TPSA) is 76.2 Å². The van der Waals surface area contributed by atoms with Crippen LogP contribution in [0.2, 0.25) is 0 Å². The summed E-state index contributed by atoms with van der Waals surface area (Å²) < 4.78 is 0. The van der Waals surface area contributed by atoms with E-state index in [9.17, 15) is 4.79 Å². The molecule has 0 aliphatic heterocycles. The van der Waals surface area contributed by atoms with Crippen LogP contribution in [-0.2, 0) is 0 Å². The minimum atomic E-state index is -0.993. The highest BCUT2D eigenvalue weighted by Crippen LogP contribution is 2.33. The smallest absolute Gasteiger partial charge is 0.348 e. The van der Waals surface area contributed by atoms with Gasteiger partial charge in [0.25, 0.3) is 0 Å². The van der Waals surface area contributed by atoms with Crippen molar-refractivity contribution < 1.29 is 9.90 Å². The number of nitrogens with two attached hydrogens (primary N) is 1. The lowest BCUT2D eigenvalue weighted by Gasteiger charge is -1.99. The molecule has 0 atom stereocenters. The van der Waals surface area contributed by atoms with Crippen LogP contribution < -0.4 is 5.73 Å². The third kappa shape index (κ3) is 1.69. The maximum atomic E-state index is 10.8. The van der Waals surface area contributed by atoms with E-state index in [4.69, 9.17) is 10.8 Å². The van der Waals surface area contributed by atoms with Gasteiger partial charge in [-0.05, 0) is 6.07 Å². The van der Waals surface area contributed by atoms with Crippen molar-refractivity contribution in [1.82, 2.24) is 4.98 Å². The van der Waals surface area contributed by atoms with E-state index in [-0.39, 0.29) is 4.88 Å². The molecule has 5 heteroatoms. The Morgan fingerprint density at radius 1 is 1.53 bits per heavy atom. The highest BCUT2D eigenvalue weighted by atomic mass is 32.1. The number of pyridine rings is 1. The lowest BCUT2D eigenvalue weighted by atomic mass is 10.1. The molecule has 0 unspecified atom stereocenters. The summed E-state index contributed by atoms with van der Waals surface area (Å²) in [6, 6.07) is 3.63. The Kier molecular flexibility index (Phi) is 2.39. The lowest BCUT2D eigenvalue weighted by Crippen LogP contribution is -1.98. The molecule has 2 rings (SSSR count). The zero-order chi connectivity index (χ0) is 10.8. The average Bonchev–Trinajstić information content (AvgIpc) is 2.61. The van der Waals surface area contributed by atoms with Crippen molar-refractivity contribution in [2.45, 2.75) is 0 Å². The van der Waals surface area contributed by atoms with Gasteiger partial charge < -0.3 is 10.8 Å². The molecule has 15 heavy (non-hydrogen) atoms. The number of hydrogen-bond acceptors (Lipinski definition) is 4. The van der Waals surface area contributed by atoms with Crippen molar-refractivity contribution in [2.75, 3.05) is 5.73 Å². The molecule has 0 saturated carbocycles. The standard InChI is InChI=1S/C10H8N2O2S/c11-8-7(5-15-9(8)10(13)14)6-2-1-3-12-4-6/h1-5H,11H2,(H,13,14). The van der Waals surface area contributed by atoms with Gasteiger partial charge in [0.15, 0.2) is 0 Å². The quantitative estimate of drug-likeness (QED) is 0.812. The predicted octanol–water partition coefficient (Wildman–Crippen LogP) is 2.09. The number of rotatable bonds is 2. The molecule has 0 saturated heterocycles. The van der Waals surface area contributed by atoms with Gasteiger partial charge in [-0.25, -0.2) is 4.79 Å². The molecule has 0 amide bonds. The first-order valence-corrected chi connectivity index (χ1v) is 5.08. The average molecular weight is 220 g/mol. The zero-order valence-corrected chi connectivity index (χ0v) is 8.49. The lowest BCUT2D eigenvalue weighted by molar-refractivity contribution is 0.0703. The highest BCUT2D eigenvalue weighted by molar-refractivity contribution is 7.13. The number of thiophene rings is 1. The number of carbonyl (C=O) groups is 1. The van der Waals surface area contributed by atoms with E-state index >= 15 is 0 Å². The molecule has 0 spiro atoms. The van der Waals surface area contributed by atoms with Crippen molar-refractivity contribution >= 4 is 23.0 Å². The number of anilines is 1. The zero-order valence-electron chi connectivity index (χ0n) is 7.68. The second-order valence-electron chi connectivity index (χ2n) is 2.94. The maximum Gasteiger partial charge on any atom is 0.348 e. The maximum absolute atomic E-state index is 10.8. The summed E-state index contributed by atoms with van der Waals surface area (Å²) >= 11 is 1.13. The first kappa shape index (κ1) is 9.67.